The first-order valence-electron chi connectivity index (χ1n) is 8.02. The number of hydrogen-bond donors (Lipinski definition) is 2. The monoisotopic (exact) mass is 306 g/mol. The van der Waals surface area contributed by atoms with Crippen LogP contribution in [0.3, 0.4) is 0 Å². The fraction of sp³-hybridized carbons (Fsp3) is 0.611. The maximum absolute atomic E-state index is 11.7. The zero-order valence-electron chi connectivity index (χ0n) is 14.5. The number of ether oxygens (including phenoxy) is 1. The van der Waals surface area contributed by atoms with Crippen LogP contribution in [0.25, 0.3) is 0 Å². The van der Waals surface area contributed by atoms with E-state index in [9.17, 15) is 4.79 Å². The summed E-state index contributed by atoms with van der Waals surface area (Å²) in [6.07, 6.45) is 0.624. The Labute approximate surface area is 134 Å². The molecule has 22 heavy (non-hydrogen) atoms. The van der Waals surface area contributed by atoms with Crippen LogP contribution in [0.5, 0.6) is 0 Å². The van der Waals surface area contributed by atoms with E-state index in [1.54, 1.807) is 0 Å². The molecule has 0 fully saturated rings. The van der Waals surface area contributed by atoms with Crippen LogP contribution in [0.1, 0.15) is 40.2 Å². The van der Waals surface area contributed by atoms with Gasteiger partial charge in [-0.25, -0.2) is 4.79 Å². The molecule has 0 aliphatic heterocycles. The highest BCUT2D eigenvalue weighted by Crippen LogP contribution is 2.07. The van der Waals surface area contributed by atoms with Crippen molar-refractivity contribution >= 4 is 6.09 Å². The highest BCUT2D eigenvalue weighted by Gasteiger charge is 2.18. The normalized spacial score (nSPS) is 13.0. The van der Waals surface area contributed by atoms with Gasteiger partial charge in [0.1, 0.15) is 5.60 Å². The van der Waals surface area contributed by atoms with Crippen LogP contribution in [-0.2, 0) is 11.2 Å². The summed E-state index contributed by atoms with van der Waals surface area (Å²) in [6, 6.07) is 10.6. The molecule has 0 saturated heterocycles. The maximum atomic E-state index is 11.7. The maximum Gasteiger partial charge on any atom is 0.407 e. The lowest BCUT2D eigenvalue weighted by Gasteiger charge is -2.25. The average Bonchev–Trinajstić information content (AvgIpc) is 2.41. The highest BCUT2D eigenvalue weighted by molar-refractivity contribution is 5.67. The van der Waals surface area contributed by atoms with E-state index in [0.717, 1.165) is 13.0 Å². The molecule has 2 N–H and O–H groups in total. The molecule has 1 rings (SSSR count). The van der Waals surface area contributed by atoms with Crippen molar-refractivity contribution in [1.29, 1.82) is 0 Å². The lowest BCUT2D eigenvalue weighted by molar-refractivity contribution is 0.0519. The van der Waals surface area contributed by atoms with Crippen LogP contribution in [0.2, 0.25) is 0 Å². The van der Waals surface area contributed by atoms with Crippen molar-refractivity contribution in [2.75, 3.05) is 13.1 Å². The molecule has 124 valence electrons. The van der Waals surface area contributed by atoms with E-state index in [0.29, 0.717) is 12.5 Å². The van der Waals surface area contributed by atoms with Crippen LogP contribution in [0.4, 0.5) is 4.79 Å². The van der Waals surface area contributed by atoms with Gasteiger partial charge >= 0.3 is 6.09 Å². The van der Waals surface area contributed by atoms with Gasteiger partial charge in [-0.2, -0.15) is 0 Å². The standard InChI is InChI=1S/C18H30N2O2/c1-14(2)16(13-20-17(21)22-18(3,4)5)19-12-11-15-9-7-6-8-10-15/h6-10,14,16,19H,11-13H2,1-5H3,(H,20,21). The Morgan fingerprint density at radius 3 is 2.36 bits per heavy atom. The molecule has 0 aliphatic rings. The summed E-state index contributed by atoms with van der Waals surface area (Å²) >= 11 is 0. The molecule has 4 heteroatoms. The Bertz CT molecular complexity index is 438. The SMILES string of the molecule is CC(C)C(CNC(=O)OC(C)(C)C)NCCc1ccccc1. The molecule has 1 atom stereocenters. The summed E-state index contributed by atoms with van der Waals surface area (Å²) in [7, 11) is 0. The van der Waals surface area contributed by atoms with Gasteiger partial charge in [-0.05, 0) is 45.2 Å². The topological polar surface area (TPSA) is 50.4 Å². The lowest BCUT2D eigenvalue weighted by Crippen LogP contribution is -2.45. The third-order valence-corrected chi connectivity index (χ3v) is 3.33. The van der Waals surface area contributed by atoms with Crippen molar-refractivity contribution in [2.45, 2.75) is 52.7 Å². The van der Waals surface area contributed by atoms with Gasteiger partial charge in [0, 0.05) is 12.6 Å². The Balaban J connectivity index is 2.34. The summed E-state index contributed by atoms with van der Waals surface area (Å²) in [6.45, 7) is 11.4. The second kappa shape index (κ2) is 8.79. The molecule has 1 aromatic carbocycles. The zero-order chi connectivity index (χ0) is 16.6. The van der Waals surface area contributed by atoms with Gasteiger partial charge in [0.2, 0.25) is 0 Å². The van der Waals surface area contributed by atoms with Gasteiger partial charge in [0.05, 0.1) is 0 Å². The molecule has 1 amide bonds. The molecule has 0 aliphatic carbocycles. The second-order valence-electron chi connectivity index (χ2n) is 6.92. The third-order valence-electron chi connectivity index (χ3n) is 3.33. The minimum Gasteiger partial charge on any atom is -0.444 e. The number of benzene rings is 1. The minimum absolute atomic E-state index is 0.233. The van der Waals surface area contributed by atoms with Crippen LogP contribution in [0.15, 0.2) is 30.3 Å². The second-order valence-corrected chi connectivity index (χ2v) is 6.92. The van der Waals surface area contributed by atoms with E-state index in [4.69, 9.17) is 4.74 Å². The van der Waals surface area contributed by atoms with E-state index < -0.39 is 5.60 Å². The number of hydrogen-bond acceptors (Lipinski definition) is 3. The van der Waals surface area contributed by atoms with Gasteiger partial charge in [0.15, 0.2) is 0 Å². The Kier molecular flexibility index (Phi) is 7.39. The van der Waals surface area contributed by atoms with E-state index in [1.807, 2.05) is 26.8 Å². The zero-order valence-corrected chi connectivity index (χ0v) is 14.5. The van der Waals surface area contributed by atoms with E-state index >= 15 is 0 Å². The molecular formula is C18H30N2O2. The number of nitrogens with one attached hydrogen (secondary N) is 2. The lowest BCUT2D eigenvalue weighted by atomic mass is 10.0. The van der Waals surface area contributed by atoms with Gasteiger partial charge < -0.3 is 15.4 Å². The van der Waals surface area contributed by atoms with Crippen LogP contribution in [0, 0.1) is 5.92 Å². The Morgan fingerprint density at radius 2 is 1.82 bits per heavy atom. The smallest absolute Gasteiger partial charge is 0.407 e. The molecule has 1 unspecified atom stereocenters. The first kappa shape index (κ1) is 18.5. The molecule has 0 aromatic heterocycles. The molecule has 0 heterocycles. The summed E-state index contributed by atoms with van der Waals surface area (Å²) < 4.78 is 5.26. The average molecular weight is 306 g/mol. The van der Waals surface area contributed by atoms with Crippen LogP contribution >= 0.6 is 0 Å². The van der Waals surface area contributed by atoms with E-state index in [-0.39, 0.29) is 12.1 Å². The van der Waals surface area contributed by atoms with Gasteiger partial charge in [-0.1, -0.05) is 44.2 Å². The fourth-order valence-corrected chi connectivity index (χ4v) is 2.10. The molecule has 0 radical (unpaired) electrons. The van der Waals surface area contributed by atoms with Gasteiger partial charge in [-0.3, -0.25) is 0 Å². The van der Waals surface area contributed by atoms with Crippen LogP contribution in [-0.4, -0.2) is 30.8 Å². The predicted octanol–water partition coefficient (Wildman–Crippen LogP) is 3.37. The molecule has 0 saturated carbocycles. The van der Waals surface area contributed by atoms with Crippen molar-refractivity contribution in [3.8, 4) is 0 Å². The Hall–Kier alpha value is -1.55. The first-order chi connectivity index (χ1) is 10.3. The quantitative estimate of drug-likeness (QED) is 0.812. The molecular weight excluding hydrogens is 276 g/mol. The number of alkyl carbamates (subject to hydrolysis) is 1. The molecule has 4 nitrogen and oxygen atoms in total. The summed E-state index contributed by atoms with van der Waals surface area (Å²) in [5, 5.41) is 6.36. The summed E-state index contributed by atoms with van der Waals surface area (Å²) in [5.41, 5.74) is 0.857. The van der Waals surface area contributed by atoms with Crippen molar-refractivity contribution in [1.82, 2.24) is 10.6 Å². The first-order valence-corrected chi connectivity index (χ1v) is 8.02. The number of carbonyl (C=O) groups is 1. The minimum atomic E-state index is -0.460. The summed E-state index contributed by atoms with van der Waals surface area (Å²) in [5.74, 6) is 0.436. The third kappa shape index (κ3) is 8.03. The fourth-order valence-electron chi connectivity index (χ4n) is 2.10. The Morgan fingerprint density at radius 1 is 1.18 bits per heavy atom. The highest BCUT2D eigenvalue weighted by atomic mass is 16.6. The van der Waals surface area contributed by atoms with E-state index in [2.05, 4.69) is 48.7 Å². The van der Waals surface area contributed by atoms with Crippen molar-refractivity contribution in [3.05, 3.63) is 35.9 Å². The summed E-state index contributed by atoms with van der Waals surface area (Å²) in [4.78, 5) is 11.7. The number of amides is 1. The predicted molar refractivity (Wildman–Crippen MR) is 91.0 cm³/mol. The van der Waals surface area contributed by atoms with Gasteiger partial charge in [0.25, 0.3) is 0 Å². The largest absolute Gasteiger partial charge is 0.444 e. The number of rotatable bonds is 7. The van der Waals surface area contributed by atoms with Gasteiger partial charge in [-0.15, -0.1) is 0 Å². The molecule has 1 aromatic rings. The van der Waals surface area contributed by atoms with E-state index in [1.165, 1.54) is 5.56 Å². The van der Waals surface area contributed by atoms with Crippen molar-refractivity contribution in [2.24, 2.45) is 5.92 Å². The molecule has 0 spiro atoms. The van der Waals surface area contributed by atoms with Crippen molar-refractivity contribution < 1.29 is 9.53 Å². The molecule has 0 bridgehead atoms. The van der Waals surface area contributed by atoms with Crippen LogP contribution < -0.4 is 10.6 Å². The number of carbonyl (C=O) groups excluding carboxylic acids is 1. The van der Waals surface area contributed by atoms with Crippen molar-refractivity contribution in [3.63, 3.8) is 0 Å².